The number of anilines is 1. The molecule has 1 aromatic carbocycles. The van der Waals surface area contributed by atoms with Gasteiger partial charge in [0.05, 0.1) is 5.92 Å². The van der Waals surface area contributed by atoms with Gasteiger partial charge >= 0.3 is 5.97 Å². The van der Waals surface area contributed by atoms with E-state index in [1.807, 2.05) is 0 Å². The standard InChI is InChI=1S/C13H15F2NO4/c1-8(13(18)19)6-16(12(17)7-20-2)9-3-4-10(14)11(15)5-9/h3-5,8H,6-7H2,1-2H3,(H,18,19). The number of amides is 1. The van der Waals surface area contributed by atoms with Gasteiger partial charge in [0.1, 0.15) is 6.61 Å². The lowest BCUT2D eigenvalue weighted by molar-refractivity contribution is -0.140. The summed E-state index contributed by atoms with van der Waals surface area (Å²) in [7, 11) is 1.31. The second-order valence-corrected chi connectivity index (χ2v) is 4.28. The Morgan fingerprint density at radius 2 is 2.00 bits per heavy atom. The van der Waals surface area contributed by atoms with Crippen LogP contribution < -0.4 is 4.90 Å². The first-order valence-corrected chi connectivity index (χ1v) is 5.84. The lowest BCUT2D eigenvalue weighted by Gasteiger charge is -2.24. The van der Waals surface area contributed by atoms with Gasteiger partial charge in [-0.1, -0.05) is 6.92 Å². The first-order valence-electron chi connectivity index (χ1n) is 5.84. The summed E-state index contributed by atoms with van der Waals surface area (Å²) in [6.07, 6.45) is 0. The van der Waals surface area contributed by atoms with Gasteiger partial charge in [0.25, 0.3) is 5.91 Å². The summed E-state index contributed by atoms with van der Waals surface area (Å²) < 4.78 is 30.8. The molecule has 1 N–H and O–H groups in total. The number of carbonyl (C=O) groups excluding carboxylic acids is 1. The molecule has 0 bridgehead atoms. The number of rotatable bonds is 6. The predicted octanol–water partition coefficient (Wildman–Crippen LogP) is 1.66. The SMILES string of the molecule is COCC(=O)N(CC(C)C(=O)O)c1ccc(F)c(F)c1. The van der Waals surface area contributed by atoms with Gasteiger partial charge in [0.2, 0.25) is 0 Å². The van der Waals surface area contributed by atoms with Gasteiger partial charge in [0, 0.05) is 25.4 Å². The van der Waals surface area contributed by atoms with Crippen LogP contribution in [0.15, 0.2) is 18.2 Å². The zero-order valence-corrected chi connectivity index (χ0v) is 11.1. The summed E-state index contributed by atoms with van der Waals surface area (Å²) in [6.45, 7) is 0.962. The van der Waals surface area contributed by atoms with Crippen LogP contribution in [-0.4, -0.2) is 37.2 Å². The molecule has 0 radical (unpaired) electrons. The molecule has 0 fully saturated rings. The van der Waals surface area contributed by atoms with Crippen LogP contribution in [0.2, 0.25) is 0 Å². The van der Waals surface area contributed by atoms with E-state index in [9.17, 15) is 18.4 Å². The number of hydrogen-bond donors (Lipinski definition) is 1. The van der Waals surface area contributed by atoms with E-state index in [2.05, 4.69) is 0 Å². The van der Waals surface area contributed by atoms with Crippen LogP contribution >= 0.6 is 0 Å². The Hall–Kier alpha value is -2.02. The van der Waals surface area contributed by atoms with Crippen molar-refractivity contribution in [1.29, 1.82) is 0 Å². The quantitative estimate of drug-likeness (QED) is 0.864. The minimum atomic E-state index is -1.11. The molecular formula is C13H15F2NO4. The number of benzene rings is 1. The topological polar surface area (TPSA) is 66.8 Å². The van der Waals surface area contributed by atoms with Crippen molar-refractivity contribution in [3.05, 3.63) is 29.8 Å². The predicted molar refractivity (Wildman–Crippen MR) is 67.4 cm³/mol. The molecule has 1 amide bonds. The summed E-state index contributed by atoms with van der Waals surface area (Å²) in [6, 6.07) is 2.93. The van der Waals surface area contributed by atoms with Crippen molar-refractivity contribution < 1.29 is 28.2 Å². The maximum atomic E-state index is 13.2. The molecule has 5 nitrogen and oxygen atoms in total. The van der Waals surface area contributed by atoms with Crippen molar-refractivity contribution >= 4 is 17.6 Å². The number of carboxylic acids is 1. The fourth-order valence-corrected chi connectivity index (χ4v) is 1.56. The molecule has 0 aromatic heterocycles. The van der Waals surface area contributed by atoms with Gasteiger partial charge in [-0.15, -0.1) is 0 Å². The van der Waals surface area contributed by atoms with Crippen LogP contribution in [0, 0.1) is 17.6 Å². The number of aliphatic carboxylic acids is 1. The molecule has 20 heavy (non-hydrogen) atoms. The smallest absolute Gasteiger partial charge is 0.308 e. The van der Waals surface area contributed by atoms with Gasteiger partial charge in [-0.3, -0.25) is 9.59 Å². The fraction of sp³-hybridized carbons (Fsp3) is 0.385. The average molecular weight is 287 g/mol. The largest absolute Gasteiger partial charge is 0.481 e. The molecule has 1 unspecified atom stereocenters. The number of halogens is 2. The Morgan fingerprint density at radius 1 is 1.35 bits per heavy atom. The summed E-state index contributed by atoms with van der Waals surface area (Å²) in [5.74, 6) is -4.64. The van der Waals surface area contributed by atoms with Crippen LogP contribution in [0.3, 0.4) is 0 Å². The molecular weight excluding hydrogens is 272 g/mol. The van der Waals surface area contributed by atoms with Gasteiger partial charge in [-0.05, 0) is 12.1 Å². The summed E-state index contributed by atoms with van der Waals surface area (Å²) in [5, 5.41) is 8.88. The lowest BCUT2D eigenvalue weighted by Crippen LogP contribution is -2.39. The first-order chi connectivity index (χ1) is 9.36. The van der Waals surface area contributed by atoms with Gasteiger partial charge in [0.15, 0.2) is 11.6 Å². The average Bonchev–Trinajstić information content (AvgIpc) is 2.39. The van der Waals surface area contributed by atoms with E-state index < -0.39 is 29.4 Å². The van der Waals surface area contributed by atoms with Gasteiger partial charge < -0.3 is 14.7 Å². The number of nitrogens with zero attached hydrogens (tertiary/aromatic N) is 1. The van der Waals surface area contributed by atoms with Gasteiger partial charge in [-0.25, -0.2) is 8.78 Å². The van der Waals surface area contributed by atoms with E-state index in [4.69, 9.17) is 9.84 Å². The Kier molecular flexibility index (Phi) is 5.57. The minimum Gasteiger partial charge on any atom is -0.481 e. The van der Waals surface area contributed by atoms with E-state index in [1.165, 1.54) is 20.1 Å². The highest BCUT2D eigenvalue weighted by Crippen LogP contribution is 2.19. The normalized spacial score (nSPS) is 12.0. The van der Waals surface area contributed by atoms with Crippen LogP contribution in [0.5, 0.6) is 0 Å². The molecule has 0 heterocycles. The highest BCUT2D eigenvalue weighted by atomic mass is 19.2. The maximum Gasteiger partial charge on any atom is 0.308 e. The third-order valence-corrected chi connectivity index (χ3v) is 2.66. The first kappa shape index (κ1) is 16.0. The maximum absolute atomic E-state index is 13.2. The van der Waals surface area contributed by atoms with Crippen LogP contribution in [0.1, 0.15) is 6.92 Å². The second-order valence-electron chi connectivity index (χ2n) is 4.28. The Balaban J connectivity index is 3.05. The molecule has 1 atom stereocenters. The van der Waals surface area contributed by atoms with E-state index in [0.29, 0.717) is 0 Å². The van der Waals surface area contributed by atoms with E-state index in [-0.39, 0.29) is 18.8 Å². The summed E-state index contributed by atoms with van der Waals surface area (Å²) in [5.41, 5.74) is 0.0825. The Bertz CT molecular complexity index is 507. The van der Waals surface area contributed by atoms with Crippen molar-refractivity contribution in [3.8, 4) is 0 Å². The van der Waals surface area contributed by atoms with Crippen LogP contribution in [-0.2, 0) is 14.3 Å². The van der Waals surface area contributed by atoms with Crippen molar-refractivity contribution in [2.75, 3.05) is 25.2 Å². The van der Waals surface area contributed by atoms with E-state index in [1.54, 1.807) is 0 Å². The fourth-order valence-electron chi connectivity index (χ4n) is 1.56. The molecule has 110 valence electrons. The molecule has 0 saturated heterocycles. The molecule has 0 saturated carbocycles. The number of methoxy groups -OCH3 is 1. The molecule has 1 rings (SSSR count). The number of ether oxygens (including phenoxy) is 1. The highest BCUT2D eigenvalue weighted by molar-refractivity contribution is 5.94. The lowest BCUT2D eigenvalue weighted by atomic mass is 10.1. The summed E-state index contributed by atoms with van der Waals surface area (Å²) >= 11 is 0. The molecule has 0 aliphatic carbocycles. The highest BCUT2D eigenvalue weighted by Gasteiger charge is 2.22. The van der Waals surface area contributed by atoms with Crippen molar-refractivity contribution in [2.24, 2.45) is 5.92 Å². The number of carboxylic acid groups (broad SMARTS) is 1. The van der Waals surface area contributed by atoms with Crippen LogP contribution in [0.4, 0.5) is 14.5 Å². The summed E-state index contributed by atoms with van der Waals surface area (Å²) in [4.78, 5) is 23.8. The minimum absolute atomic E-state index is 0.0825. The van der Waals surface area contributed by atoms with Crippen molar-refractivity contribution in [2.45, 2.75) is 6.92 Å². The molecule has 1 aromatic rings. The zero-order chi connectivity index (χ0) is 15.3. The molecule has 7 heteroatoms. The second kappa shape index (κ2) is 6.95. The third-order valence-electron chi connectivity index (χ3n) is 2.66. The molecule has 0 spiro atoms. The van der Waals surface area contributed by atoms with Crippen molar-refractivity contribution in [1.82, 2.24) is 0 Å². The monoisotopic (exact) mass is 287 g/mol. The van der Waals surface area contributed by atoms with Crippen LogP contribution in [0.25, 0.3) is 0 Å². The molecule has 0 aliphatic rings. The van der Waals surface area contributed by atoms with Gasteiger partial charge in [-0.2, -0.15) is 0 Å². The van der Waals surface area contributed by atoms with E-state index >= 15 is 0 Å². The third kappa shape index (κ3) is 3.99. The van der Waals surface area contributed by atoms with E-state index in [0.717, 1.165) is 17.0 Å². The number of carbonyl (C=O) groups is 2. The number of hydrogen-bond acceptors (Lipinski definition) is 3. The Morgan fingerprint density at radius 3 is 2.50 bits per heavy atom. The zero-order valence-electron chi connectivity index (χ0n) is 11.1. The van der Waals surface area contributed by atoms with Crippen molar-refractivity contribution in [3.63, 3.8) is 0 Å². The Labute approximate surface area is 114 Å². The molecule has 0 aliphatic heterocycles.